The lowest BCUT2D eigenvalue weighted by molar-refractivity contribution is -0.383. The van der Waals surface area contributed by atoms with E-state index < -0.39 is 0 Å². The molecule has 1 amide bonds. The first-order chi connectivity index (χ1) is 13.0. The second kappa shape index (κ2) is 8.36. The molecule has 2 aliphatic rings. The van der Waals surface area contributed by atoms with Crippen LogP contribution in [0.3, 0.4) is 0 Å². The van der Waals surface area contributed by atoms with E-state index in [1.165, 1.54) is 6.33 Å². The zero-order chi connectivity index (χ0) is 19.4. The second-order valence-corrected chi connectivity index (χ2v) is 6.99. The first kappa shape index (κ1) is 19.1. The molecule has 3 rings (SSSR count). The van der Waals surface area contributed by atoms with Crippen LogP contribution < -0.4 is 9.80 Å². The summed E-state index contributed by atoms with van der Waals surface area (Å²) in [7, 11) is 0. The predicted octanol–water partition coefficient (Wildman–Crippen LogP) is 1.90. The highest BCUT2D eigenvalue weighted by atomic mass is 16.6. The molecule has 0 saturated carbocycles. The van der Waals surface area contributed by atoms with Crippen molar-refractivity contribution in [2.24, 2.45) is 5.92 Å². The summed E-state index contributed by atoms with van der Waals surface area (Å²) < 4.78 is 5.02. The molecule has 0 aliphatic carbocycles. The number of hydrogen-bond acceptors (Lipinski definition) is 8. The van der Waals surface area contributed by atoms with Crippen LogP contribution in [0.2, 0.25) is 0 Å². The summed E-state index contributed by atoms with van der Waals surface area (Å²) in [5.74, 6) is 1.20. The van der Waals surface area contributed by atoms with Crippen LogP contribution in [0.1, 0.15) is 26.7 Å². The Hall–Kier alpha value is -2.65. The molecule has 1 aromatic rings. The maximum atomic E-state index is 11.9. The predicted molar refractivity (Wildman–Crippen MR) is 100 cm³/mol. The van der Waals surface area contributed by atoms with Gasteiger partial charge in [0.1, 0.15) is 6.33 Å². The number of carbonyl (C=O) groups is 1. The summed E-state index contributed by atoms with van der Waals surface area (Å²) >= 11 is 0. The molecule has 10 nitrogen and oxygen atoms in total. The molecule has 2 aliphatic heterocycles. The normalized spacial score (nSPS) is 20.5. The molecule has 10 heteroatoms. The summed E-state index contributed by atoms with van der Waals surface area (Å²) in [5.41, 5.74) is -0.0452. The number of nitro groups is 1. The summed E-state index contributed by atoms with van der Waals surface area (Å²) in [4.78, 5) is 37.2. The van der Waals surface area contributed by atoms with E-state index in [4.69, 9.17) is 4.74 Å². The van der Waals surface area contributed by atoms with E-state index in [1.807, 2.05) is 9.80 Å². The Labute approximate surface area is 158 Å². The molecule has 2 saturated heterocycles. The quantitative estimate of drug-likeness (QED) is 0.578. The fourth-order valence-electron chi connectivity index (χ4n) is 3.68. The van der Waals surface area contributed by atoms with Crippen molar-refractivity contribution in [3.63, 3.8) is 0 Å². The van der Waals surface area contributed by atoms with Crippen molar-refractivity contribution in [2.45, 2.75) is 26.7 Å². The largest absolute Gasteiger partial charge is 0.450 e. The Morgan fingerprint density at radius 1 is 1.22 bits per heavy atom. The summed E-state index contributed by atoms with van der Waals surface area (Å²) in [6.45, 7) is 7.57. The molecule has 148 valence electrons. The van der Waals surface area contributed by atoms with Crippen LogP contribution in [0, 0.1) is 16.0 Å². The molecule has 0 aromatic carbocycles. The van der Waals surface area contributed by atoms with Gasteiger partial charge in [-0.2, -0.15) is 0 Å². The molecule has 27 heavy (non-hydrogen) atoms. The molecule has 3 heterocycles. The van der Waals surface area contributed by atoms with Gasteiger partial charge in [-0.1, -0.05) is 6.92 Å². The van der Waals surface area contributed by atoms with Crippen molar-refractivity contribution in [1.82, 2.24) is 14.9 Å². The highest BCUT2D eigenvalue weighted by Crippen LogP contribution is 2.36. The smallest absolute Gasteiger partial charge is 0.409 e. The summed E-state index contributed by atoms with van der Waals surface area (Å²) in [5, 5.41) is 11.9. The Balaban J connectivity index is 1.81. The van der Waals surface area contributed by atoms with Gasteiger partial charge in [0.05, 0.1) is 11.5 Å². The van der Waals surface area contributed by atoms with Gasteiger partial charge in [-0.05, 0) is 25.7 Å². The standard InChI is InChI=1S/C17H26N6O4/c1-3-27-17(24)21-9-7-20(8-10-21)15-14(23(25)26)16(19-12-18-15)22-6-4-5-13(2)11-22/h12-13H,3-11H2,1-2H3. The van der Waals surface area contributed by atoms with Crippen molar-refractivity contribution in [2.75, 3.05) is 55.7 Å². The van der Waals surface area contributed by atoms with Crippen LogP contribution >= 0.6 is 0 Å². The van der Waals surface area contributed by atoms with E-state index >= 15 is 0 Å². The van der Waals surface area contributed by atoms with E-state index in [2.05, 4.69) is 16.9 Å². The van der Waals surface area contributed by atoms with Gasteiger partial charge in [0.25, 0.3) is 0 Å². The maximum absolute atomic E-state index is 11.9. The van der Waals surface area contributed by atoms with Gasteiger partial charge in [0, 0.05) is 39.3 Å². The van der Waals surface area contributed by atoms with Gasteiger partial charge < -0.3 is 19.4 Å². The van der Waals surface area contributed by atoms with E-state index in [9.17, 15) is 14.9 Å². The van der Waals surface area contributed by atoms with Gasteiger partial charge in [-0.15, -0.1) is 0 Å². The number of ether oxygens (including phenoxy) is 1. The minimum Gasteiger partial charge on any atom is -0.450 e. The Morgan fingerprint density at radius 2 is 1.89 bits per heavy atom. The second-order valence-electron chi connectivity index (χ2n) is 6.99. The van der Waals surface area contributed by atoms with E-state index in [-0.39, 0.29) is 16.7 Å². The number of hydrogen-bond donors (Lipinski definition) is 0. The Kier molecular flexibility index (Phi) is 5.92. The summed E-state index contributed by atoms with van der Waals surface area (Å²) in [6, 6.07) is 0. The topological polar surface area (TPSA) is 105 Å². The Bertz CT molecular complexity index is 692. The minimum absolute atomic E-state index is 0.0452. The molecule has 0 spiro atoms. The van der Waals surface area contributed by atoms with Crippen molar-refractivity contribution in [3.05, 3.63) is 16.4 Å². The number of piperidine rings is 1. The van der Waals surface area contributed by atoms with Gasteiger partial charge >= 0.3 is 11.8 Å². The molecule has 0 N–H and O–H groups in total. The third-order valence-electron chi connectivity index (χ3n) is 5.03. The highest BCUT2D eigenvalue weighted by molar-refractivity contribution is 5.72. The van der Waals surface area contributed by atoms with E-state index in [0.717, 1.165) is 25.9 Å². The molecule has 2 fully saturated rings. The molecule has 1 atom stereocenters. The number of aromatic nitrogens is 2. The van der Waals surface area contributed by atoms with Crippen molar-refractivity contribution >= 4 is 23.4 Å². The van der Waals surface area contributed by atoms with Crippen LogP contribution in [0.15, 0.2) is 6.33 Å². The van der Waals surface area contributed by atoms with E-state index in [1.54, 1.807) is 11.8 Å². The average molecular weight is 378 g/mol. The van der Waals surface area contributed by atoms with Crippen molar-refractivity contribution in [1.29, 1.82) is 0 Å². The van der Waals surface area contributed by atoms with E-state index in [0.29, 0.717) is 50.3 Å². The average Bonchev–Trinajstić information content (AvgIpc) is 2.67. The van der Waals surface area contributed by atoms with Crippen LogP contribution in [0.5, 0.6) is 0 Å². The fraction of sp³-hybridized carbons (Fsp3) is 0.706. The molecular weight excluding hydrogens is 352 g/mol. The van der Waals surface area contributed by atoms with Crippen LogP contribution in [-0.4, -0.2) is 71.8 Å². The third kappa shape index (κ3) is 4.20. The highest BCUT2D eigenvalue weighted by Gasteiger charge is 2.33. The van der Waals surface area contributed by atoms with Crippen molar-refractivity contribution < 1.29 is 14.5 Å². The maximum Gasteiger partial charge on any atom is 0.409 e. The van der Waals surface area contributed by atoms with Crippen molar-refractivity contribution in [3.8, 4) is 0 Å². The molecule has 1 unspecified atom stereocenters. The number of rotatable bonds is 4. The number of piperazine rings is 1. The molecule has 0 radical (unpaired) electrons. The van der Waals surface area contributed by atoms with Gasteiger partial charge in [-0.3, -0.25) is 10.1 Å². The first-order valence-corrected chi connectivity index (χ1v) is 9.42. The third-order valence-corrected chi connectivity index (χ3v) is 5.03. The van der Waals surface area contributed by atoms with Gasteiger partial charge in [0.2, 0.25) is 11.6 Å². The molecule has 1 aromatic heterocycles. The van der Waals surface area contributed by atoms with Crippen LogP contribution in [0.25, 0.3) is 0 Å². The monoisotopic (exact) mass is 378 g/mol. The SMILES string of the molecule is CCOC(=O)N1CCN(c2ncnc(N3CCCC(C)C3)c2[N+](=O)[O-])CC1. The lowest BCUT2D eigenvalue weighted by Gasteiger charge is -2.35. The summed E-state index contributed by atoms with van der Waals surface area (Å²) in [6.07, 6.45) is 3.17. The molecule has 0 bridgehead atoms. The number of nitrogens with zero attached hydrogens (tertiary/aromatic N) is 6. The molecular formula is C17H26N6O4. The lowest BCUT2D eigenvalue weighted by atomic mass is 10.0. The zero-order valence-electron chi connectivity index (χ0n) is 15.8. The number of anilines is 2. The van der Waals surface area contributed by atoms with Crippen LogP contribution in [0.4, 0.5) is 22.1 Å². The first-order valence-electron chi connectivity index (χ1n) is 9.42. The lowest BCUT2D eigenvalue weighted by Crippen LogP contribution is -2.49. The fourth-order valence-corrected chi connectivity index (χ4v) is 3.68. The van der Waals surface area contributed by atoms with Crippen LogP contribution in [-0.2, 0) is 4.74 Å². The Morgan fingerprint density at radius 3 is 2.48 bits per heavy atom. The zero-order valence-corrected chi connectivity index (χ0v) is 15.8. The number of amides is 1. The van der Waals surface area contributed by atoms with Gasteiger partial charge in [-0.25, -0.2) is 14.8 Å². The number of carbonyl (C=O) groups excluding carboxylic acids is 1. The minimum atomic E-state index is -0.387. The van der Waals surface area contributed by atoms with Gasteiger partial charge in [0.15, 0.2) is 0 Å².